The summed E-state index contributed by atoms with van der Waals surface area (Å²) in [5.41, 5.74) is -5.54. The Kier molecular flexibility index (Phi) is 7.65. The Hall–Kier alpha value is -2.90. The van der Waals surface area contributed by atoms with Crippen molar-refractivity contribution in [3.63, 3.8) is 0 Å². The van der Waals surface area contributed by atoms with E-state index in [2.05, 4.69) is 9.97 Å². The van der Waals surface area contributed by atoms with E-state index in [1.54, 1.807) is 30.6 Å². The van der Waals surface area contributed by atoms with Crippen LogP contribution in [0, 0.1) is 0 Å². The van der Waals surface area contributed by atoms with Gasteiger partial charge in [-0.15, -0.1) is 0 Å². The van der Waals surface area contributed by atoms with Crippen molar-refractivity contribution in [3.8, 4) is 0 Å². The summed E-state index contributed by atoms with van der Waals surface area (Å²) in [5, 5.41) is 11.1. The van der Waals surface area contributed by atoms with Crippen molar-refractivity contribution in [2.24, 2.45) is 0 Å². The molecule has 0 aliphatic carbocycles. The fourth-order valence-electron chi connectivity index (χ4n) is 4.44. The number of carbonyl (C=O) groups excluding carboxylic acids is 1. The zero-order valence-corrected chi connectivity index (χ0v) is 23.9. The van der Waals surface area contributed by atoms with E-state index in [1.165, 1.54) is 24.3 Å². The number of amides is 1. The number of hydrogen-bond donors (Lipinski definition) is 1. The van der Waals surface area contributed by atoms with Gasteiger partial charge in [-0.25, -0.2) is 14.8 Å². The number of hydrogen-bond acceptors (Lipinski definition) is 8. The van der Waals surface area contributed by atoms with Gasteiger partial charge in [0.15, 0.2) is 0 Å². The van der Waals surface area contributed by atoms with Crippen molar-refractivity contribution < 1.29 is 37.1 Å². The summed E-state index contributed by atoms with van der Waals surface area (Å²) in [7, 11) is -0.753. The Morgan fingerprint density at radius 3 is 1.88 bits per heavy atom. The number of carbonyl (C=O) groups is 1. The molecule has 1 N–H and O–H groups in total. The molecule has 2 aromatic rings. The van der Waals surface area contributed by atoms with Crippen molar-refractivity contribution in [1.82, 2.24) is 14.9 Å². The van der Waals surface area contributed by atoms with Crippen LogP contribution in [-0.2, 0) is 19.6 Å². The topological polar surface area (TPSA) is 97.3 Å². The minimum atomic E-state index is -5.05. The molecule has 1 aromatic heterocycles. The first-order chi connectivity index (χ1) is 18.3. The lowest BCUT2D eigenvalue weighted by molar-refractivity contribution is -0.248. The maximum atomic E-state index is 14.4. The molecule has 2 aliphatic heterocycles. The molecule has 0 spiro atoms. The van der Waals surface area contributed by atoms with Gasteiger partial charge >= 0.3 is 19.4 Å². The van der Waals surface area contributed by atoms with E-state index >= 15 is 0 Å². The Bertz CT molecular complexity index is 1190. The first-order valence-corrected chi connectivity index (χ1v) is 13.1. The van der Waals surface area contributed by atoms with Crippen LogP contribution in [0.5, 0.6) is 0 Å². The molecular formula is C27H36BF3N4O5. The van der Waals surface area contributed by atoms with Gasteiger partial charge in [0, 0.05) is 44.1 Å². The number of alkyl halides is 3. The fourth-order valence-corrected chi connectivity index (χ4v) is 4.44. The molecule has 1 unspecified atom stereocenters. The normalized spacial score (nSPS) is 20.8. The van der Waals surface area contributed by atoms with Crippen molar-refractivity contribution in [1.29, 1.82) is 0 Å². The summed E-state index contributed by atoms with van der Waals surface area (Å²) in [6.45, 7) is 14.3. The number of piperazine rings is 1. The Labute approximate surface area is 232 Å². The molecule has 13 heteroatoms. The minimum absolute atomic E-state index is 0.202. The lowest BCUT2D eigenvalue weighted by Crippen LogP contribution is -2.50. The van der Waals surface area contributed by atoms with Crippen molar-refractivity contribution in [2.75, 3.05) is 31.1 Å². The number of benzene rings is 1. The van der Waals surface area contributed by atoms with Crippen LogP contribution in [0.2, 0.25) is 0 Å². The lowest BCUT2D eigenvalue weighted by atomic mass is 9.77. The monoisotopic (exact) mass is 564 g/mol. The largest absolute Gasteiger partial charge is 0.494 e. The second-order valence-corrected chi connectivity index (χ2v) is 12.1. The molecule has 1 atom stereocenters. The highest BCUT2D eigenvalue weighted by Gasteiger charge is 2.57. The van der Waals surface area contributed by atoms with Gasteiger partial charge in [-0.3, -0.25) is 0 Å². The molecule has 1 aromatic carbocycles. The van der Waals surface area contributed by atoms with Gasteiger partial charge in [-0.1, -0.05) is 24.3 Å². The summed E-state index contributed by atoms with van der Waals surface area (Å²) >= 11 is 0. The molecule has 4 rings (SSSR count). The smallest absolute Gasteiger partial charge is 0.444 e. The minimum Gasteiger partial charge on any atom is -0.444 e. The number of ether oxygens (including phenoxy) is 1. The molecule has 0 bridgehead atoms. The van der Waals surface area contributed by atoms with Crippen LogP contribution in [0.1, 0.15) is 59.6 Å². The number of aliphatic hydroxyl groups is 1. The van der Waals surface area contributed by atoms with E-state index in [1.807, 2.05) is 27.7 Å². The van der Waals surface area contributed by atoms with Crippen LogP contribution in [0.3, 0.4) is 0 Å². The van der Waals surface area contributed by atoms with E-state index in [0.29, 0.717) is 31.6 Å². The average molecular weight is 564 g/mol. The molecule has 218 valence electrons. The number of anilines is 1. The van der Waals surface area contributed by atoms with Gasteiger partial charge < -0.3 is 29.0 Å². The van der Waals surface area contributed by atoms with Crippen molar-refractivity contribution in [3.05, 3.63) is 47.8 Å². The first kappa shape index (κ1) is 30.1. The standard InChI is InChI=1S/C27H36BF3N4O5/c1-23(2,3)38-22(36)35-14-12-34(13-15-35)21-32-16-19(17-33-21)26(37,27(29,30)31)18-8-10-20(11-9-18)28-39-24(4,5)25(6,7)40-28/h8-11,16-17,37H,12-15H2,1-7H3. The van der Waals surface area contributed by atoms with Gasteiger partial charge in [0.2, 0.25) is 11.5 Å². The van der Waals surface area contributed by atoms with E-state index in [4.69, 9.17) is 14.0 Å². The molecule has 3 heterocycles. The zero-order chi connectivity index (χ0) is 29.7. The predicted molar refractivity (Wildman–Crippen MR) is 143 cm³/mol. The summed E-state index contributed by atoms with van der Waals surface area (Å²) in [5.74, 6) is 0.202. The van der Waals surface area contributed by atoms with E-state index < -0.39 is 47.4 Å². The maximum absolute atomic E-state index is 14.4. The van der Waals surface area contributed by atoms with Crippen LogP contribution >= 0.6 is 0 Å². The number of aromatic nitrogens is 2. The third kappa shape index (κ3) is 5.77. The van der Waals surface area contributed by atoms with Crippen LogP contribution in [-0.4, -0.2) is 82.3 Å². The number of nitrogens with zero attached hydrogens (tertiary/aromatic N) is 4. The molecule has 1 amide bonds. The highest BCUT2D eigenvalue weighted by Crippen LogP contribution is 2.44. The molecule has 2 aliphatic rings. The van der Waals surface area contributed by atoms with Gasteiger partial charge in [0.25, 0.3) is 0 Å². The van der Waals surface area contributed by atoms with Crippen LogP contribution in [0.25, 0.3) is 0 Å². The molecule has 9 nitrogen and oxygen atoms in total. The lowest BCUT2D eigenvalue weighted by Gasteiger charge is -2.36. The third-order valence-electron chi connectivity index (χ3n) is 7.53. The Morgan fingerprint density at radius 2 is 1.43 bits per heavy atom. The number of rotatable bonds is 4. The SMILES string of the molecule is CC(C)(C)OC(=O)N1CCN(c2ncc(C(O)(c3ccc(B4OC(C)(C)C(C)(C)O4)cc3)C(F)(F)F)cn2)CC1. The summed E-state index contributed by atoms with van der Waals surface area (Å²) in [6, 6.07) is 5.32. The molecule has 40 heavy (non-hydrogen) atoms. The van der Waals surface area contributed by atoms with Crippen LogP contribution in [0.15, 0.2) is 36.7 Å². The predicted octanol–water partition coefficient (Wildman–Crippen LogP) is 3.63. The highest BCUT2D eigenvalue weighted by molar-refractivity contribution is 6.62. The summed E-state index contributed by atoms with van der Waals surface area (Å²) < 4.78 is 60.4. The van der Waals surface area contributed by atoms with Crippen molar-refractivity contribution in [2.45, 2.75) is 77.0 Å². The fraction of sp³-hybridized carbons (Fsp3) is 0.593. The van der Waals surface area contributed by atoms with Gasteiger partial charge in [0.05, 0.1) is 11.2 Å². The summed E-state index contributed by atoms with van der Waals surface area (Å²) in [4.78, 5) is 23.9. The van der Waals surface area contributed by atoms with Gasteiger partial charge in [-0.05, 0) is 59.5 Å². The van der Waals surface area contributed by atoms with E-state index in [9.17, 15) is 23.1 Å². The molecule has 2 saturated heterocycles. The Balaban J connectivity index is 1.50. The van der Waals surface area contributed by atoms with Gasteiger partial charge in [0.1, 0.15) is 5.60 Å². The van der Waals surface area contributed by atoms with E-state index in [-0.39, 0.29) is 11.5 Å². The summed E-state index contributed by atoms with van der Waals surface area (Å²) in [6.07, 6.45) is -3.51. The average Bonchev–Trinajstić information content (AvgIpc) is 3.08. The molecule has 2 fully saturated rings. The number of halogens is 3. The first-order valence-electron chi connectivity index (χ1n) is 13.1. The molecule has 0 saturated carbocycles. The van der Waals surface area contributed by atoms with Crippen LogP contribution in [0.4, 0.5) is 23.9 Å². The second kappa shape index (κ2) is 10.2. The van der Waals surface area contributed by atoms with Crippen LogP contribution < -0.4 is 10.4 Å². The second-order valence-electron chi connectivity index (χ2n) is 12.1. The quantitative estimate of drug-likeness (QED) is 0.563. The Morgan fingerprint density at radius 1 is 0.925 bits per heavy atom. The zero-order valence-electron chi connectivity index (χ0n) is 23.9. The maximum Gasteiger partial charge on any atom is 0.494 e. The molecular weight excluding hydrogens is 528 g/mol. The molecule has 0 radical (unpaired) electrons. The van der Waals surface area contributed by atoms with E-state index in [0.717, 1.165) is 12.4 Å². The van der Waals surface area contributed by atoms with Crippen molar-refractivity contribution >= 4 is 24.6 Å². The highest BCUT2D eigenvalue weighted by atomic mass is 19.4. The third-order valence-corrected chi connectivity index (χ3v) is 7.53. The van der Waals surface area contributed by atoms with Gasteiger partial charge in [-0.2, -0.15) is 13.2 Å².